The summed E-state index contributed by atoms with van der Waals surface area (Å²) in [7, 11) is 0. The van der Waals surface area contributed by atoms with Crippen LogP contribution in [0.15, 0.2) is 23.0 Å². The van der Waals surface area contributed by atoms with Crippen molar-refractivity contribution in [2.24, 2.45) is 0 Å². The number of ether oxygens (including phenoxy) is 1. The molecule has 0 amide bonds. The Morgan fingerprint density at radius 2 is 1.94 bits per heavy atom. The van der Waals surface area contributed by atoms with Crippen molar-refractivity contribution in [2.45, 2.75) is 39.7 Å². The van der Waals surface area contributed by atoms with E-state index >= 15 is 0 Å². The normalized spacial score (nSPS) is 23.8. The summed E-state index contributed by atoms with van der Waals surface area (Å²) in [5.74, 6) is -1.83. The highest BCUT2D eigenvalue weighted by Gasteiger charge is 2.42. The van der Waals surface area contributed by atoms with Gasteiger partial charge in [-0.3, -0.25) is 14.4 Å². The van der Waals surface area contributed by atoms with Gasteiger partial charge in [0.15, 0.2) is 11.4 Å². The maximum atomic E-state index is 12.1. The van der Waals surface area contributed by atoms with E-state index in [2.05, 4.69) is 0 Å². The van der Waals surface area contributed by atoms with Crippen molar-refractivity contribution in [1.29, 1.82) is 0 Å². The maximum absolute atomic E-state index is 12.1. The fourth-order valence-corrected chi connectivity index (χ4v) is 1.95. The third-order valence-electron chi connectivity index (χ3n) is 2.77. The molecule has 1 rings (SSSR count). The molecule has 5 nitrogen and oxygen atoms in total. The van der Waals surface area contributed by atoms with Crippen LogP contribution in [-0.4, -0.2) is 28.2 Å². The third kappa shape index (κ3) is 2.34. The summed E-state index contributed by atoms with van der Waals surface area (Å²) in [6, 6.07) is 0. The van der Waals surface area contributed by atoms with E-state index in [4.69, 9.17) is 4.74 Å². The molecule has 0 saturated carbocycles. The van der Waals surface area contributed by atoms with Crippen LogP contribution in [0, 0.1) is 0 Å². The molecule has 98 valence electrons. The zero-order valence-electron chi connectivity index (χ0n) is 10.9. The van der Waals surface area contributed by atoms with Gasteiger partial charge in [-0.05, 0) is 26.3 Å². The molecule has 0 aliphatic heterocycles. The Hall–Kier alpha value is -1.91. The van der Waals surface area contributed by atoms with Gasteiger partial charge >= 0.3 is 5.97 Å². The van der Waals surface area contributed by atoms with E-state index < -0.39 is 17.4 Å². The predicted octanol–water partition coefficient (Wildman–Crippen LogP) is 1.63. The van der Waals surface area contributed by atoms with Gasteiger partial charge < -0.3 is 9.84 Å². The highest BCUT2D eigenvalue weighted by molar-refractivity contribution is 6.11. The minimum absolute atomic E-state index is 0.00944. The van der Waals surface area contributed by atoms with Gasteiger partial charge in [0.1, 0.15) is 5.76 Å². The van der Waals surface area contributed by atoms with Gasteiger partial charge in [-0.2, -0.15) is 0 Å². The molecule has 1 aliphatic carbocycles. The number of aliphatic hydroxyl groups is 1. The van der Waals surface area contributed by atoms with Crippen LogP contribution in [0.5, 0.6) is 0 Å². The SMILES string of the molecule is CCC1=C(O)C(C(C)=O)=C[C@](C)(OC(C)=O)C1=O. The Morgan fingerprint density at radius 1 is 1.39 bits per heavy atom. The quantitative estimate of drug-likeness (QED) is 0.772. The van der Waals surface area contributed by atoms with Crippen molar-refractivity contribution in [3.8, 4) is 0 Å². The number of allylic oxidation sites excluding steroid dienone is 1. The lowest BCUT2D eigenvalue weighted by Gasteiger charge is -2.30. The number of hydrogen-bond acceptors (Lipinski definition) is 5. The molecule has 0 unspecified atom stereocenters. The lowest BCUT2D eigenvalue weighted by molar-refractivity contribution is -0.157. The van der Waals surface area contributed by atoms with Gasteiger partial charge in [0.2, 0.25) is 5.78 Å². The first kappa shape index (κ1) is 14.2. The summed E-state index contributed by atoms with van der Waals surface area (Å²) in [6.07, 6.45) is 1.46. The van der Waals surface area contributed by atoms with Crippen LogP contribution < -0.4 is 0 Å². The average molecular weight is 252 g/mol. The van der Waals surface area contributed by atoms with Crippen molar-refractivity contribution >= 4 is 17.5 Å². The molecule has 0 saturated heterocycles. The van der Waals surface area contributed by atoms with Gasteiger partial charge in [-0.1, -0.05) is 6.92 Å². The van der Waals surface area contributed by atoms with E-state index in [0.717, 1.165) is 0 Å². The minimum Gasteiger partial charge on any atom is -0.507 e. The second-order valence-electron chi connectivity index (χ2n) is 4.32. The molecule has 5 heteroatoms. The van der Waals surface area contributed by atoms with E-state index in [9.17, 15) is 19.5 Å². The van der Waals surface area contributed by atoms with Crippen LogP contribution >= 0.6 is 0 Å². The first-order valence-corrected chi connectivity index (χ1v) is 5.63. The smallest absolute Gasteiger partial charge is 0.303 e. The average Bonchev–Trinajstić information content (AvgIpc) is 2.23. The Balaban J connectivity index is 3.38. The van der Waals surface area contributed by atoms with Crippen LogP contribution in [0.2, 0.25) is 0 Å². The summed E-state index contributed by atoms with van der Waals surface area (Å²) in [6.45, 7) is 5.55. The number of esters is 1. The number of Topliss-reactive ketones (excluding diaryl/α,β-unsaturated/α-hetero) is 2. The topological polar surface area (TPSA) is 80.7 Å². The zero-order valence-corrected chi connectivity index (χ0v) is 10.9. The lowest BCUT2D eigenvalue weighted by atomic mass is 9.83. The molecule has 1 aliphatic rings. The van der Waals surface area contributed by atoms with Crippen molar-refractivity contribution in [1.82, 2.24) is 0 Å². The molecule has 0 fully saturated rings. The highest BCUT2D eigenvalue weighted by atomic mass is 16.6. The monoisotopic (exact) mass is 252 g/mol. The fourth-order valence-electron chi connectivity index (χ4n) is 1.95. The van der Waals surface area contributed by atoms with Gasteiger partial charge in [0.25, 0.3) is 0 Å². The van der Waals surface area contributed by atoms with Crippen LogP contribution in [0.25, 0.3) is 0 Å². The Kier molecular flexibility index (Phi) is 3.74. The summed E-state index contributed by atoms with van der Waals surface area (Å²) in [4.78, 5) is 34.6. The minimum atomic E-state index is -1.52. The number of aliphatic hydroxyl groups excluding tert-OH is 1. The number of carbonyl (C=O) groups is 3. The Morgan fingerprint density at radius 3 is 2.33 bits per heavy atom. The second-order valence-corrected chi connectivity index (χ2v) is 4.32. The van der Waals surface area contributed by atoms with Crippen LogP contribution in [-0.2, 0) is 19.1 Å². The summed E-state index contributed by atoms with van der Waals surface area (Å²) in [5, 5.41) is 9.87. The molecule has 0 aromatic carbocycles. The van der Waals surface area contributed by atoms with Crippen LogP contribution in [0.1, 0.15) is 34.1 Å². The lowest BCUT2D eigenvalue weighted by Crippen LogP contribution is -2.42. The first-order chi connectivity index (χ1) is 8.23. The molecule has 0 aromatic heterocycles. The van der Waals surface area contributed by atoms with E-state index in [1.807, 2.05) is 0 Å². The van der Waals surface area contributed by atoms with Gasteiger partial charge in [0, 0.05) is 12.5 Å². The van der Waals surface area contributed by atoms with Crippen molar-refractivity contribution in [2.75, 3.05) is 0 Å². The second kappa shape index (κ2) is 4.76. The van der Waals surface area contributed by atoms with E-state index in [0.29, 0.717) is 0 Å². The third-order valence-corrected chi connectivity index (χ3v) is 2.77. The summed E-state index contributed by atoms with van der Waals surface area (Å²) >= 11 is 0. The first-order valence-electron chi connectivity index (χ1n) is 5.63. The largest absolute Gasteiger partial charge is 0.507 e. The number of hydrogen-bond donors (Lipinski definition) is 1. The molecule has 0 bridgehead atoms. The van der Waals surface area contributed by atoms with Crippen LogP contribution in [0.4, 0.5) is 0 Å². The molecule has 0 aromatic rings. The van der Waals surface area contributed by atoms with Crippen molar-refractivity contribution in [3.05, 3.63) is 23.0 Å². The standard InChI is InChI=1S/C13H16O5/c1-5-9-11(16)10(7(2)14)6-13(4,12(9)17)18-8(3)15/h6,16H,5H2,1-4H3/t13-/m0/s1. The maximum Gasteiger partial charge on any atom is 0.303 e. The Labute approximate surface area is 105 Å². The molecule has 1 N–H and O–H groups in total. The highest BCUT2D eigenvalue weighted by Crippen LogP contribution is 2.32. The molecule has 0 spiro atoms. The van der Waals surface area contributed by atoms with Gasteiger partial charge in [-0.25, -0.2) is 0 Å². The van der Waals surface area contributed by atoms with Crippen LogP contribution in [0.3, 0.4) is 0 Å². The van der Waals surface area contributed by atoms with E-state index in [1.165, 1.54) is 26.8 Å². The van der Waals surface area contributed by atoms with Crippen molar-refractivity contribution in [3.63, 3.8) is 0 Å². The number of rotatable bonds is 3. The van der Waals surface area contributed by atoms with Gasteiger partial charge in [-0.15, -0.1) is 0 Å². The molecule has 0 heterocycles. The van der Waals surface area contributed by atoms with Gasteiger partial charge in [0.05, 0.1) is 5.57 Å². The zero-order chi connectivity index (χ0) is 14.1. The molecule has 0 radical (unpaired) electrons. The number of ketones is 2. The Bertz CT molecular complexity index is 484. The molecule has 18 heavy (non-hydrogen) atoms. The summed E-state index contributed by atoms with van der Waals surface area (Å²) < 4.78 is 4.99. The molecule has 1 atom stereocenters. The molecular weight excluding hydrogens is 236 g/mol. The van der Waals surface area contributed by atoms with E-state index in [-0.39, 0.29) is 29.1 Å². The fraction of sp³-hybridized carbons (Fsp3) is 0.462. The van der Waals surface area contributed by atoms with Crippen molar-refractivity contribution < 1.29 is 24.2 Å². The number of carbonyl (C=O) groups excluding carboxylic acids is 3. The summed E-state index contributed by atoms with van der Waals surface area (Å²) in [5.41, 5.74) is -1.41. The van der Waals surface area contributed by atoms with E-state index in [1.54, 1.807) is 6.92 Å². The molecular formula is C13H16O5. The predicted molar refractivity (Wildman–Crippen MR) is 63.9 cm³/mol.